The minimum atomic E-state index is -0.495. The van der Waals surface area contributed by atoms with Crippen molar-refractivity contribution in [1.29, 1.82) is 0 Å². The molecule has 2 aromatic rings. The molecule has 0 aliphatic carbocycles. The van der Waals surface area contributed by atoms with Crippen molar-refractivity contribution in [3.63, 3.8) is 0 Å². The minimum Gasteiger partial charge on any atom is -0.465 e. The summed E-state index contributed by atoms with van der Waals surface area (Å²) >= 11 is 0. The summed E-state index contributed by atoms with van der Waals surface area (Å²) in [6, 6.07) is 11.8. The van der Waals surface area contributed by atoms with Crippen molar-refractivity contribution in [3.05, 3.63) is 82.9 Å². The first-order chi connectivity index (χ1) is 12.5. The highest BCUT2D eigenvalue weighted by molar-refractivity contribution is 6.12. The van der Waals surface area contributed by atoms with Gasteiger partial charge in [0.25, 0.3) is 0 Å². The Labute approximate surface area is 150 Å². The number of methoxy groups -OCH3 is 2. The second-order valence-corrected chi connectivity index (χ2v) is 5.20. The van der Waals surface area contributed by atoms with Gasteiger partial charge < -0.3 is 9.47 Å². The van der Waals surface area contributed by atoms with Gasteiger partial charge in [0.1, 0.15) is 0 Å². The molecule has 0 aliphatic heterocycles. The molecule has 0 atom stereocenters. The molecule has 0 amide bonds. The molecule has 132 valence electrons. The summed E-state index contributed by atoms with van der Waals surface area (Å²) in [6.07, 6.45) is 2.31. The van der Waals surface area contributed by atoms with Gasteiger partial charge >= 0.3 is 11.9 Å². The monoisotopic (exact) mass is 352 g/mol. The van der Waals surface area contributed by atoms with E-state index in [9.17, 15) is 19.2 Å². The molecule has 0 aromatic heterocycles. The molecule has 0 aliphatic rings. The Morgan fingerprint density at radius 2 is 0.846 bits per heavy atom. The number of rotatable bonds is 6. The Bertz CT molecular complexity index is 787. The fraction of sp³-hybridized carbons (Fsp3) is 0.100. The van der Waals surface area contributed by atoms with Gasteiger partial charge in [0, 0.05) is 11.1 Å². The molecule has 0 N–H and O–H groups in total. The average molecular weight is 352 g/mol. The maximum atomic E-state index is 12.1. The number of hydrogen-bond donors (Lipinski definition) is 0. The van der Waals surface area contributed by atoms with Crippen LogP contribution in [-0.4, -0.2) is 37.7 Å². The van der Waals surface area contributed by atoms with E-state index in [1.165, 1.54) is 62.8 Å². The van der Waals surface area contributed by atoms with Gasteiger partial charge in [-0.25, -0.2) is 9.59 Å². The lowest BCUT2D eigenvalue weighted by atomic mass is 10.1. The highest BCUT2D eigenvalue weighted by atomic mass is 16.5. The second kappa shape index (κ2) is 8.53. The number of allylic oxidation sites excluding steroid dienone is 2. The van der Waals surface area contributed by atoms with Gasteiger partial charge in [-0.15, -0.1) is 0 Å². The van der Waals surface area contributed by atoms with E-state index in [1.54, 1.807) is 0 Å². The largest absolute Gasteiger partial charge is 0.465 e. The van der Waals surface area contributed by atoms with Gasteiger partial charge in [0.2, 0.25) is 0 Å². The lowest BCUT2D eigenvalue weighted by Crippen LogP contribution is -2.03. The van der Waals surface area contributed by atoms with Gasteiger partial charge in [-0.3, -0.25) is 9.59 Å². The Hall–Kier alpha value is -3.54. The third-order valence-electron chi connectivity index (χ3n) is 3.57. The Kier molecular flexibility index (Phi) is 6.16. The standard InChI is InChI=1S/C20H16O6/c1-25-19(23)15-7-3-13(4-8-15)17(21)11-12-18(22)14-5-9-16(10-6-14)20(24)26-2/h3-12H,1-2H3. The highest BCUT2D eigenvalue weighted by Gasteiger charge is 2.09. The van der Waals surface area contributed by atoms with Crippen molar-refractivity contribution in [2.45, 2.75) is 0 Å². The van der Waals surface area contributed by atoms with Crippen LogP contribution >= 0.6 is 0 Å². The van der Waals surface area contributed by atoms with Crippen molar-refractivity contribution in [1.82, 2.24) is 0 Å². The summed E-state index contributed by atoms with van der Waals surface area (Å²) in [6.45, 7) is 0. The lowest BCUT2D eigenvalue weighted by molar-refractivity contribution is 0.0592. The molecule has 0 saturated carbocycles. The number of esters is 2. The molecule has 0 radical (unpaired) electrons. The summed E-state index contributed by atoms with van der Waals surface area (Å²) in [4.78, 5) is 46.9. The topological polar surface area (TPSA) is 86.7 Å². The summed E-state index contributed by atoms with van der Waals surface area (Å²) in [5.41, 5.74) is 1.33. The zero-order valence-corrected chi connectivity index (χ0v) is 14.2. The molecule has 0 spiro atoms. The van der Waals surface area contributed by atoms with E-state index >= 15 is 0 Å². The second-order valence-electron chi connectivity index (χ2n) is 5.20. The molecule has 0 heterocycles. The molecular formula is C20H16O6. The van der Waals surface area contributed by atoms with Crippen LogP contribution in [-0.2, 0) is 9.47 Å². The predicted molar refractivity (Wildman–Crippen MR) is 93.4 cm³/mol. The molecule has 0 fully saturated rings. The number of carbonyl (C=O) groups is 4. The van der Waals surface area contributed by atoms with Gasteiger partial charge in [-0.1, -0.05) is 24.3 Å². The van der Waals surface area contributed by atoms with E-state index in [2.05, 4.69) is 9.47 Å². The number of carbonyl (C=O) groups excluding carboxylic acids is 4. The summed E-state index contributed by atoms with van der Waals surface area (Å²) in [7, 11) is 2.54. The fourth-order valence-corrected chi connectivity index (χ4v) is 2.12. The number of hydrogen-bond acceptors (Lipinski definition) is 6. The number of ketones is 2. The van der Waals surface area contributed by atoms with E-state index in [0.29, 0.717) is 22.3 Å². The molecule has 0 bridgehead atoms. The first-order valence-electron chi connectivity index (χ1n) is 7.59. The van der Waals surface area contributed by atoms with Crippen LogP contribution in [0.4, 0.5) is 0 Å². The van der Waals surface area contributed by atoms with Gasteiger partial charge in [-0.05, 0) is 36.4 Å². The van der Waals surface area contributed by atoms with Crippen molar-refractivity contribution >= 4 is 23.5 Å². The van der Waals surface area contributed by atoms with E-state index in [4.69, 9.17) is 0 Å². The van der Waals surface area contributed by atoms with Crippen LogP contribution < -0.4 is 0 Å². The summed E-state index contributed by atoms with van der Waals surface area (Å²) in [5, 5.41) is 0. The van der Waals surface area contributed by atoms with Crippen LogP contribution in [0.2, 0.25) is 0 Å². The molecule has 0 unspecified atom stereocenters. The maximum Gasteiger partial charge on any atom is 0.337 e. The SMILES string of the molecule is COC(=O)c1ccc(C(=O)C=CC(=O)c2ccc(C(=O)OC)cc2)cc1. The van der Waals surface area contributed by atoms with Gasteiger partial charge in [0.05, 0.1) is 25.3 Å². The molecule has 6 heteroatoms. The predicted octanol–water partition coefficient (Wildman–Crippen LogP) is 2.88. The van der Waals surface area contributed by atoms with E-state index < -0.39 is 11.9 Å². The Balaban J connectivity index is 2.06. The first kappa shape index (κ1) is 18.8. The molecule has 0 saturated heterocycles. The Morgan fingerprint density at radius 1 is 0.577 bits per heavy atom. The molecule has 6 nitrogen and oxygen atoms in total. The van der Waals surface area contributed by atoms with Gasteiger partial charge in [-0.2, -0.15) is 0 Å². The number of benzene rings is 2. The number of ether oxygens (including phenoxy) is 2. The van der Waals surface area contributed by atoms with Crippen LogP contribution in [0.5, 0.6) is 0 Å². The van der Waals surface area contributed by atoms with Crippen molar-refractivity contribution < 1.29 is 28.7 Å². The third kappa shape index (κ3) is 4.51. The average Bonchev–Trinajstić information content (AvgIpc) is 2.70. The van der Waals surface area contributed by atoms with E-state index in [1.807, 2.05) is 0 Å². The van der Waals surface area contributed by atoms with Crippen LogP contribution in [0.3, 0.4) is 0 Å². The quantitative estimate of drug-likeness (QED) is 0.451. The van der Waals surface area contributed by atoms with Gasteiger partial charge in [0.15, 0.2) is 11.6 Å². The molecule has 2 aromatic carbocycles. The highest BCUT2D eigenvalue weighted by Crippen LogP contribution is 2.09. The summed E-state index contributed by atoms with van der Waals surface area (Å²) in [5.74, 6) is -1.74. The van der Waals surface area contributed by atoms with E-state index in [0.717, 1.165) is 12.2 Å². The third-order valence-corrected chi connectivity index (χ3v) is 3.57. The first-order valence-corrected chi connectivity index (χ1v) is 7.59. The molecule has 2 rings (SSSR count). The lowest BCUT2D eigenvalue weighted by Gasteiger charge is -2.01. The van der Waals surface area contributed by atoms with Crippen LogP contribution in [0.25, 0.3) is 0 Å². The normalized spacial score (nSPS) is 10.4. The molecule has 26 heavy (non-hydrogen) atoms. The van der Waals surface area contributed by atoms with E-state index in [-0.39, 0.29) is 11.6 Å². The zero-order chi connectivity index (χ0) is 19.1. The van der Waals surface area contributed by atoms with Crippen LogP contribution in [0, 0.1) is 0 Å². The fourth-order valence-electron chi connectivity index (χ4n) is 2.12. The van der Waals surface area contributed by atoms with Crippen LogP contribution in [0.15, 0.2) is 60.7 Å². The van der Waals surface area contributed by atoms with Crippen molar-refractivity contribution in [3.8, 4) is 0 Å². The van der Waals surface area contributed by atoms with Crippen LogP contribution in [0.1, 0.15) is 41.4 Å². The van der Waals surface area contributed by atoms with Crippen molar-refractivity contribution in [2.24, 2.45) is 0 Å². The summed E-state index contributed by atoms with van der Waals surface area (Å²) < 4.78 is 9.17. The van der Waals surface area contributed by atoms with Crippen molar-refractivity contribution in [2.75, 3.05) is 14.2 Å². The maximum absolute atomic E-state index is 12.1. The molecular weight excluding hydrogens is 336 g/mol. The Morgan fingerprint density at radius 3 is 1.12 bits per heavy atom. The smallest absolute Gasteiger partial charge is 0.337 e. The zero-order valence-electron chi connectivity index (χ0n) is 14.2. The minimum absolute atomic E-state index is 0.329.